The Bertz CT molecular complexity index is 1240. The second kappa shape index (κ2) is 8.60. The zero-order chi connectivity index (χ0) is 26.4. The van der Waals surface area contributed by atoms with Crippen molar-refractivity contribution in [2.45, 2.75) is 35.5 Å². The molecule has 0 amide bonds. The number of sulfonamides is 1. The first kappa shape index (κ1) is 17.6. The van der Waals surface area contributed by atoms with Gasteiger partial charge in [0.2, 0.25) is 5.88 Å². The summed E-state index contributed by atoms with van der Waals surface area (Å²) in [6, 6.07) is -2.98. The summed E-state index contributed by atoms with van der Waals surface area (Å²) in [4.78, 5) is 17.8. The fourth-order valence-corrected chi connectivity index (χ4v) is 4.10. The minimum atomic E-state index is -5.28. The van der Waals surface area contributed by atoms with Crippen LogP contribution in [0, 0.1) is 0 Å². The van der Waals surface area contributed by atoms with Gasteiger partial charge in [-0.2, -0.15) is 0 Å². The van der Waals surface area contributed by atoms with Crippen molar-refractivity contribution in [2.24, 2.45) is 0 Å². The van der Waals surface area contributed by atoms with E-state index in [1.807, 2.05) is 0 Å². The normalized spacial score (nSPS) is 28.1. The van der Waals surface area contributed by atoms with Crippen LogP contribution in [-0.4, -0.2) is 82.5 Å². The molecule has 168 valence electrons. The molecule has 13 nitrogen and oxygen atoms in total. The molecule has 0 spiro atoms. The molecule has 5 atom stereocenters. The number of aliphatic hydroxyl groups excluding tert-OH is 3. The first-order valence-electron chi connectivity index (χ1n) is 10.4. The van der Waals surface area contributed by atoms with Crippen molar-refractivity contribution in [3.63, 3.8) is 0 Å². The Balaban J connectivity index is 2.33. The van der Waals surface area contributed by atoms with Crippen molar-refractivity contribution in [3.8, 4) is 5.88 Å². The molecule has 14 heteroatoms. The van der Waals surface area contributed by atoms with E-state index in [0.717, 1.165) is 12.4 Å². The highest BCUT2D eigenvalue weighted by molar-refractivity contribution is 7.92. The smallest absolute Gasteiger partial charge is 0.335 e. The van der Waals surface area contributed by atoms with Gasteiger partial charge >= 0.3 is 5.97 Å². The first-order valence-corrected chi connectivity index (χ1v) is 9.88. The van der Waals surface area contributed by atoms with E-state index >= 15 is 0 Å². The van der Waals surface area contributed by atoms with Gasteiger partial charge in [-0.05, 0) is 24.2 Å². The van der Waals surface area contributed by atoms with Crippen molar-refractivity contribution >= 4 is 27.5 Å². The number of aliphatic hydroxyl groups is 3. The number of carbonyl (C=O) groups is 1. The van der Waals surface area contributed by atoms with Crippen LogP contribution in [0.1, 0.15) is 5.48 Å². The number of benzene rings is 1. The monoisotopic (exact) mass is 460 g/mol. The molecule has 6 N–H and O–H groups in total. The van der Waals surface area contributed by atoms with Crippen molar-refractivity contribution in [3.05, 3.63) is 36.6 Å². The van der Waals surface area contributed by atoms with E-state index in [4.69, 9.17) is 20.7 Å². The predicted octanol–water partition coefficient (Wildman–Crippen LogP) is -1.85. The fourth-order valence-electron chi connectivity index (χ4n) is 2.75. The van der Waals surface area contributed by atoms with Crippen LogP contribution in [0.15, 0.2) is 41.5 Å². The predicted molar refractivity (Wildman–Crippen MR) is 103 cm³/mol. The molecule has 3 rings (SSSR count). The molecule has 1 aliphatic heterocycles. The number of carboxylic acids is 1. The molecule has 2 heterocycles. The molecule has 1 aliphatic rings. The maximum absolute atomic E-state index is 13.8. The second-order valence-electron chi connectivity index (χ2n) is 6.22. The highest BCUT2D eigenvalue weighted by atomic mass is 32.2. The van der Waals surface area contributed by atoms with E-state index in [-0.39, 0.29) is 10.2 Å². The Kier molecular flexibility index (Phi) is 4.89. The standard InChI is InChI=1S/C17H20N4O9S/c1-29-11-6-10(19-7-20-11)21(31(27,28)9-4-2-8(18)3-5-9)16-14(24)12(22)13(23)15(30-16)17(25)26/h2-7,12-16,22-24H,18H2,1H3,(H,25,26)/t12?,13-,14+,15-,16+/m0/s1/i2D,3D,4D,5D. The van der Waals surface area contributed by atoms with Crippen molar-refractivity contribution in [1.82, 2.24) is 9.97 Å². The molecule has 0 aliphatic carbocycles. The SMILES string of the molecule is [2H]c1c([2H])c(S(=O)(=O)N(c2cc(OC)ncn2)[C@@H]2O[C@H](C(=O)O)[C@@H](O)C(O)[C@H]2O)c([2H])c([2H])c1N. The van der Waals surface area contributed by atoms with Gasteiger partial charge in [0.15, 0.2) is 18.1 Å². The van der Waals surface area contributed by atoms with E-state index in [1.54, 1.807) is 0 Å². The Morgan fingerprint density at radius 2 is 1.84 bits per heavy atom. The van der Waals surface area contributed by atoms with Crippen LogP contribution in [0.2, 0.25) is 0 Å². The summed E-state index contributed by atoms with van der Waals surface area (Å²) in [6.07, 6.45) is -10.3. The van der Waals surface area contributed by atoms with Crippen LogP contribution >= 0.6 is 0 Å². The van der Waals surface area contributed by atoms with Crippen molar-refractivity contribution in [2.75, 3.05) is 17.1 Å². The number of anilines is 2. The topological polar surface area (TPSA) is 206 Å². The van der Waals surface area contributed by atoms with Gasteiger partial charge in [0.25, 0.3) is 10.0 Å². The number of nitrogens with two attached hydrogens (primary N) is 1. The maximum Gasteiger partial charge on any atom is 0.335 e. The average molecular weight is 460 g/mol. The maximum atomic E-state index is 13.8. The van der Waals surface area contributed by atoms with E-state index < -0.39 is 87.2 Å². The summed E-state index contributed by atoms with van der Waals surface area (Å²) < 4.78 is 69.7. The number of aromatic nitrogens is 2. The lowest BCUT2D eigenvalue weighted by atomic mass is 9.98. The van der Waals surface area contributed by atoms with Crippen LogP contribution in [0.25, 0.3) is 0 Å². The summed E-state index contributed by atoms with van der Waals surface area (Å²) in [5, 5.41) is 40.2. The fraction of sp³-hybridized carbons (Fsp3) is 0.353. The molecule has 0 saturated carbocycles. The minimum absolute atomic E-state index is 0.146. The average Bonchev–Trinajstić information content (AvgIpc) is 2.81. The van der Waals surface area contributed by atoms with Gasteiger partial charge in [-0.3, -0.25) is 0 Å². The zero-order valence-corrected chi connectivity index (χ0v) is 16.5. The summed E-state index contributed by atoms with van der Waals surface area (Å²) in [7, 11) is -4.10. The summed E-state index contributed by atoms with van der Waals surface area (Å²) >= 11 is 0. The number of ether oxygens (including phenoxy) is 2. The molecule has 2 aromatic rings. The number of aliphatic carboxylic acids is 1. The largest absolute Gasteiger partial charge is 0.481 e. The van der Waals surface area contributed by atoms with E-state index in [0.29, 0.717) is 0 Å². The lowest BCUT2D eigenvalue weighted by Gasteiger charge is -2.43. The highest BCUT2D eigenvalue weighted by Crippen LogP contribution is 2.33. The molecule has 31 heavy (non-hydrogen) atoms. The summed E-state index contributed by atoms with van der Waals surface area (Å²) in [6.45, 7) is 0. The lowest BCUT2D eigenvalue weighted by molar-refractivity contribution is -0.224. The summed E-state index contributed by atoms with van der Waals surface area (Å²) in [5.74, 6) is -2.63. The highest BCUT2D eigenvalue weighted by Gasteiger charge is 2.52. The number of hydrogen-bond donors (Lipinski definition) is 5. The molecule has 1 unspecified atom stereocenters. The molecule has 1 aromatic carbocycles. The minimum Gasteiger partial charge on any atom is -0.481 e. The number of nitrogen functional groups attached to an aromatic ring is 1. The third kappa shape index (κ3) is 4.24. The third-order valence-electron chi connectivity index (χ3n) is 4.26. The van der Waals surface area contributed by atoms with Gasteiger partial charge in [-0.1, -0.05) is 0 Å². The summed E-state index contributed by atoms with van der Waals surface area (Å²) in [5.41, 5.74) is 4.89. The van der Waals surface area contributed by atoms with Gasteiger partial charge in [0.05, 0.1) is 17.5 Å². The Hall–Kier alpha value is -3.04. The number of nitrogens with zero attached hydrogens (tertiary/aromatic N) is 3. The number of rotatable bonds is 6. The molecule has 0 radical (unpaired) electrons. The van der Waals surface area contributed by atoms with Gasteiger partial charge in [-0.15, -0.1) is 0 Å². The van der Waals surface area contributed by atoms with Crippen LogP contribution in [0.3, 0.4) is 0 Å². The third-order valence-corrected chi connectivity index (χ3v) is 5.90. The molecular formula is C17H20N4O9S. The molecule has 1 aromatic heterocycles. The van der Waals surface area contributed by atoms with Gasteiger partial charge < -0.3 is 35.6 Å². The molecule has 0 bridgehead atoms. The van der Waals surface area contributed by atoms with Gasteiger partial charge in [0, 0.05) is 11.8 Å². The Morgan fingerprint density at radius 3 is 2.42 bits per heavy atom. The van der Waals surface area contributed by atoms with Crippen LogP contribution < -0.4 is 14.8 Å². The number of hydrogen-bond acceptors (Lipinski definition) is 11. The van der Waals surface area contributed by atoms with Crippen LogP contribution in [-0.2, 0) is 19.6 Å². The van der Waals surface area contributed by atoms with Gasteiger partial charge in [0.1, 0.15) is 24.6 Å². The zero-order valence-electron chi connectivity index (χ0n) is 19.7. The Labute approximate surface area is 182 Å². The lowest BCUT2D eigenvalue weighted by Crippen LogP contribution is -2.65. The first-order chi connectivity index (χ1) is 16.2. The quantitative estimate of drug-likeness (QED) is 0.301. The van der Waals surface area contributed by atoms with E-state index in [9.17, 15) is 33.6 Å². The van der Waals surface area contributed by atoms with Crippen molar-refractivity contribution in [1.29, 1.82) is 0 Å². The van der Waals surface area contributed by atoms with E-state index in [2.05, 4.69) is 9.97 Å². The second-order valence-corrected chi connectivity index (χ2v) is 7.97. The molecule has 1 saturated heterocycles. The molecular weight excluding hydrogens is 436 g/mol. The van der Waals surface area contributed by atoms with Crippen molar-refractivity contribution < 1.29 is 48.6 Å². The van der Waals surface area contributed by atoms with Crippen LogP contribution in [0.5, 0.6) is 5.88 Å². The Morgan fingerprint density at radius 1 is 1.19 bits per heavy atom. The van der Waals surface area contributed by atoms with Gasteiger partial charge in [-0.25, -0.2) is 27.5 Å². The number of methoxy groups -OCH3 is 1. The van der Waals surface area contributed by atoms with E-state index in [1.165, 1.54) is 7.11 Å². The molecule has 1 fully saturated rings. The van der Waals surface area contributed by atoms with Crippen LogP contribution in [0.4, 0.5) is 11.5 Å². The number of carboxylic acid groups (broad SMARTS) is 1.